The first kappa shape index (κ1) is 17.5. The fourth-order valence-electron chi connectivity index (χ4n) is 3.41. The molecule has 2 aliphatic rings. The standard InChI is InChI=1S/C17H22N4O3S/c18-11-13-5-8-20(9-6-13)17(22)21-10-7-16(12-21)25(23,24)15-3-1-14(19)2-4-15/h1-4,13,16H,5-10,12,19H2. The van der Waals surface area contributed by atoms with Gasteiger partial charge in [0.2, 0.25) is 0 Å². The van der Waals surface area contributed by atoms with Crippen molar-refractivity contribution in [3.63, 3.8) is 0 Å². The first-order valence-electron chi connectivity index (χ1n) is 8.44. The zero-order valence-electron chi connectivity index (χ0n) is 14.0. The Kier molecular flexibility index (Phi) is 4.86. The lowest BCUT2D eigenvalue weighted by Gasteiger charge is -2.32. The molecule has 3 rings (SSSR count). The summed E-state index contributed by atoms with van der Waals surface area (Å²) in [6.07, 6.45) is 1.81. The second kappa shape index (κ2) is 6.92. The molecular formula is C17H22N4O3S. The van der Waals surface area contributed by atoms with Crippen molar-refractivity contribution >= 4 is 21.6 Å². The Morgan fingerprint density at radius 3 is 2.28 bits per heavy atom. The number of sulfone groups is 1. The van der Waals surface area contributed by atoms with Gasteiger partial charge in [0.25, 0.3) is 0 Å². The second-order valence-corrected chi connectivity index (χ2v) is 8.87. The number of carbonyl (C=O) groups is 1. The fourth-order valence-corrected chi connectivity index (χ4v) is 5.10. The molecule has 0 saturated carbocycles. The molecule has 1 aromatic rings. The molecule has 2 aliphatic heterocycles. The van der Waals surface area contributed by atoms with Crippen LogP contribution in [0.25, 0.3) is 0 Å². The van der Waals surface area contributed by atoms with Gasteiger partial charge in [-0.1, -0.05) is 0 Å². The predicted octanol–water partition coefficient (Wildman–Crippen LogP) is 1.47. The van der Waals surface area contributed by atoms with Gasteiger partial charge in [-0.2, -0.15) is 5.26 Å². The second-order valence-electron chi connectivity index (χ2n) is 6.64. The lowest BCUT2D eigenvalue weighted by molar-refractivity contribution is 0.147. The molecule has 134 valence electrons. The molecule has 25 heavy (non-hydrogen) atoms. The highest BCUT2D eigenvalue weighted by Crippen LogP contribution is 2.26. The largest absolute Gasteiger partial charge is 0.399 e. The minimum atomic E-state index is -3.48. The van der Waals surface area contributed by atoms with Crippen LogP contribution in [0.15, 0.2) is 29.2 Å². The van der Waals surface area contributed by atoms with Crippen LogP contribution >= 0.6 is 0 Å². The summed E-state index contributed by atoms with van der Waals surface area (Å²) >= 11 is 0. The number of nitrogens with zero attached hydrogens (tertiary/aromatic N) is 3. The maximum atomic E-state index is 12.7. The third-order valence-electron chi connectivity index (χ3n) is 5.01. The average Bonchev–Trinajstić information content (AvgIpc) is 3.12. The van der Waals surface area contributed by atoms with E-state index < -0.39 is 15.1 Å². The summed E-state index contributed by atoms with van der Waals surface area (Å²) in [5.41, 5.74) is 6.13. The average molecular weight is 362 g/mol. The van der Waals surface area contributed by atoms with Crippen LogP contribution in [0.4, 0.5) is 10.5 Å². The SMILES string of the molecule is N#CC1CCN(C(=O)N2CCC(S(=O)(=O)c3ccc(N)cc3)C2)CC1. The summed E-state index contributed by atoms with van der Waals surface area (Å²) in [5.74, 6) is 0.0151. The molecule has 2 N–H and O–H groups in total. The monoisotopic (exact) mass is 362 g/mol. The molecule has 2 amide bonds. The molecule has 8 heteroatoms. The third-order valence-corrected chi connectivity index (χ3v) is 7.20. The Bertz CT molecular complexity index is 777. The van der Waals surface area contributed by atoms with Crippen molar-refractivity contribution in [3.05, 3.63) is 24.3 Å². The molecular weight excluding hydrogens is 340 g/mol. The molecule has 0 aliphatic carbocycles. The molecule has 2 saturated heterocycles. The van der Waals surface area contributed by atoms with Gasteiger partial charge in [-0.25, -0.2) is 13.2 Å². The highest BCUT2D eigenvalue weighted by molar-refractivity contribution is 7.92. The van der Waals surface area contributed by atoms with Gasteiger partial charge in [0.1, 0.15) is 0 Å². The maximum absolute atomic E-state index is 12.7. The van der Waals surface area contributed by atoms with Gasteiger partial charge >= 0.3 is 6.03 Å². The van der Waals surface area contributed by atoms with Crippen molar-refractivity contribution in [3.8, 4) is 6.07 Å². The molecule has 2 fully saturated rings. The Morgan fingerprint density at radius 2 is 1.68 bits per heavy atom. The first-order valence-corrected chi connectivity index (χ1v) is 9.99. The minimum Gasteiger partial charge on any atom is -0.399 e. The molecule has 0 radical (unpaired) electrons. The quantitative estimate of drug-likeness (QED) is 0.802. The predicted molar refractivity (Wildman–Crippen MR) is 93.3 cm³/mol. The number of nitriles is 1. The van der Waals surface area contributed by atoms with Gasteiger partial charge < -0.3 is 15.5 Å². The number of piperidine rings is 1. The van der Waals surface area contributed by atoms with Gasteiger partial charge in [0, 0.05) is 37.8 Å². The molecule has 0 aromatic heterocycles. The Labute approximate surface area is 147 Å². The smallest absolute Gasteiger partial charge is 0.320 e. The normalized spacial score (nSPS) is 22.0. The van der Waals surface area contributed by atoms with E-state index in [2.05, 4.69) is 6.07 Å². The van der Waals surface area contributed by atoms with E-state index in [1.165, 1.54) is 12.1 Å². The van der Waals surface area contributed by atoms with Crippen molar-refractivity contribution < 1.29 is 13.2 Å². The highest BCUT2D eigenvalue weighted by Gasteiger charge is 2.38. The number of rotatable bonds is 2. The van der Waals surface area contributed by atoms with Crippen LogP contribution in [0.2, 0.25) is 0 Å². The number of hydrogen-bond acceptors (Lipinski definition) is 5. The van der Waals surface area contributed by atoms with Gasteiger partial charge in [-0.05, 0) is 43.5 Å². The number of anilines is 1. The number of urea groups is 1. The lowest BCUT2D eigenvalue weighted by atomic mass is 9.99. The Morgan fingerprint density at radius 1 is 1.08 bits per heavy atom. The Hall–Kier alpha value is -2.27. The fraction of sp³-hybridized carbons (Fsp3) is 0.529. The highest BCUT2D eigenvalue weighted by atomic mass is 32.2. The summed E-state index contributed by atoms with van der Waals surface area (Å²) in [6, 6.07) is 8.30. The molecule has 0 spiro atoms. The maximum Gasteiger partial charge on any atom is 0.320 e. The number of nitrogen functional groups attached to an aromatic ring is 1. The zero-order valence-corrected chi connectivity index (χ0v) is 14.8. The van der Waals surface area contributed by atoms with E-state index in [0.717, 1.165) is 0 Å². The van der Waals surface area contributed by atoms with Gasteiger partial charge in [0.15, 0.2) is 9.84 Å². The third kappa shape index (κ3) is 3.56. The summed E-state index contributed by atoms with van der Waals surface area (Å²) in [7, 11) is -3.48. The Balaban J connectivity index is 1.64. The van der Waals surface area contributed by atoms with E-state index >= 15 is 0 Å². The number of carbonyl (C=O) groups excluding carboxylic acids is 1. The van der Waals surface area contributed by atoms with Crippen LogP contribution in [-0.4, -0.2) is 55.7 Å². The number of nitrogens with two attached hydrogens (primary N) is 1. The van der Waals surface area contributed by atoms with Crippen molar-refractivity contribution in [2.24, 2.45) is 5.92 Å². The van der Waals surface area contributed by atoms with E-state index in [-0.39, 0.29) is 23.4 Å². The van der Waals surface area contributed by atoms with E-state index in [1.54, 1.807) is 21.9 Å². The van der Waals surface area contributed by atoms with Crippen LogP contribution in [0.3, 0.4) is 0 Å². The molecule has 1 atom stereocenters. The number of amides is 2. The van der Waals surface area contributed by atoms with Gasteiger partial charge in [-0.3, -0.25) is 0 Å². The van der Waals surface area contributed by atoms with Crippen molar-refractivity contribution in [1.29, 1.82) is 5.26 Å². The number of hydrogen-bond donors (Lipinski definition) is 1. The van der Waals surface area contributed by atoms with Crippen molar-refractivity contribution in [2.45, 2.75) is 29.4 Å². The van der Waals surface area contributed by atoms with Crippen LogP contribution in [0.1, 0.15) is 19.3 Å². The van der Waals surface area contributed by atoms with E-state index in [4.69, 9.17) is 11.0 Å². The molecule has 0 bridgehead atoms. The summed E-state index contributed by atoms with van der Waals surface area (Å²) in [4.78, 5) is 16.2. The summed E-state index contributed by atoms with van der Waals surface area (Å²) in [5, 5.41) is 8.35. The molecule has 2 heterocycles. The number of likely N-dealkylation sites (tertiary alicyclic amines) is 2. The summed E-state index contributed by atoms with van der Waals surface area (Å²) in [6.45, 7) is 1.77. The topological polar surface area (TPSA) is 107 Å². The van der Waals surface area contributed by atoms with Crippen LogP contribution in [-0.2, 0) is 9.84 Å². The van der Waals surface area contributed by atoms with E-state index in [9.17, 15) is 13.2 Å². The van der Waals surface area contributed by atoms with Crippen LogP contribution in [0.5, 0.6) is 0 Å². The zero-order chi connectivity index (χ0) is 18.0. The van der Waals surface area contributed by atoms with Crippen LogP contribution in [0, 0.1) is 17.2 Å². The number of benzene rings is 1. The minimum absolute atomic E-state index is 0.0151. The molecule has 1 aromatic carbocycles. The van der Waals surface area contributed by atoms with Gasteiger partial charge in [-0.15, -0.1) is 0 Å². The van der Waals surface area contributed by atoms with Crippen LogP contribution < -0.4 is 5.73 Å². The van der Waals surface area contributed by atoms with E-state index in [0.29, 0.717) is 44.6 Å². The van der Waals surface area contributed by atoms with E-state index in [1.807, 2.05) is 0 Å². The molecule has 7 nitrogen and oxygen atoms in total. The summed E-state index contributed by atoms with van der Waals surface area (Å²) < 4.78 is 25.5. The first-order chi connectivity index (χ1) is 11.9. The van der Waals surface area contributed by atoms with Crippen molar-refractivity contribution in [2.75, 3.05) is 31.9 Å². The molecule has 1 unspecified atom stereocenters. The van der Waals surface area contributed by atoms with Gasteiger partial charge in [0.05, 0.1) is 16.2 Å². The van der Waals surface area contributed by atoms with Crippen molar-refractivity contribution in [1.82, 2.24) is 9.80 Å². The lowest BCUT2D eigenvalue weighted by Crippen LogP contribution is -2.46.